The van der Waals surface area contributed by atoms with Gasteiger partial charge in [-0.2, -0.15) is 0 Å². The Labute approximate surface area is 100 Å². The van der Waals surface area contributed by atoms with Crippen LogP contribution in [0, 0.1) is 11.8 Å². The summed E-state index contributed by atoms with van der Waals surface area (Å²) in [4.78, 5) is 11.2. The zero-order chi connectivity index (χ0) is 12.1. The highest BCUT2D eigenvalue weighted by Crippen LogP contribution is 2.17. The lowest BCUT2D eigenvalue weighted by Gasteiger charge is -1.99. The molecule has 0 N–H and O–H groups in total. The molecule has 0 saturated heterocycles. The molecule has 84 valence electrons. The van der Waals surface area contributed by atoms with Gasteiger partial charge >= 0.3 is 5.97 Å². The fraction of sp³-hybridized carbons (Fsp3) is 0.133. The van der Waals surface area contributed by atoms with Crippen LogP contribution in [0.2, 0.25) is 0 Å². The third-order valence-electron chi connectivity index (χ3n) is 2.36. The second-order valence-electron chi connectivity index (χ2n) is 3.50. The van der Waals surface area contributed by atoms with Gasteiger partial charge in [-0.15, -0.1) is 0 Å². The van der Waals surface area contributed by atoms with Crippen molar-refractivity contribution in [2.75, 3.05) is 6.61 Å². The molecule has 2 aromatic carbocycles. The molecule has 2 aromatic rings. The standard InChI is InChI=1S/C15H12O2/c1-2-17-15(16)11-10-13-8-5-7-12-6-3-4-9-14(12)13/h3-9H,2H2,1H3. The minimum atomic E-state index is -0.486. The molecule has 0 bridgehead atoms. The van der Waals surface area contributed by atoms with Gasteiger partial charge in [0.05, 0.1) is 6.61 Å². The molecular weight excluding hydrogens is 212 g/mol. The second kappa shape index (κ2) is 5.18. The van der Waals surface area contributed by atoms with E-state index in [0.29, 0.717) is 6.61 Å². The summed E-state index contributed by atoms with van der Waals surface area (Å²) in [5.41, 5.74) is 0.844. The number of fused-ring (bicyclic) bond motifs is 1. The first-order valence-corrected chi connectivity index (χ1v) is 5.48. The van der Waals surface area contributed by atoms with Crippen molar-refractivity contribution in [1.29, 1.82) is 0 Å². The Kier molecular flexibility index (Phi) is 3.42. The maximum atomic E-state index is 11.2. The quantitative estimate of drug-likeness (QED) is 0.550. The topological polar surface area (TPSA) is 26.3 Å². The molecule has 17 heavy (non-hydrogen) atoms. The molecule has 0 unspecified atom stereocenters. The van der Waals surface area contributed by atoms with E-state index in [0.717, 1.165) is 16.3 Å². The third-order valence-corrected chi connectivity index (χ3v) is 2.36. The lowest BCUT2D eigenvalue weighted by atomic mass is 10.1. The fourth-order valence-electron chi connectivity index (χ4n) is 1.62. The summed E-state index contributed by atoms with van der Waals surface area (Å²) in [5.74, 6) is 4.84. The molecule has 2 heteroatoms. The molecule has 0 spiro atoms. The van der Waals surface area contributed by atoms with Crippen molar-refractivity contribution in [2.24, 2.45) is 0 Å². The summed E-state index contributed by atoms with van der Waals surface area (Å²) in [6.45, 7) is 2.11. The zero-order valence-electron chi connectivity index (χ0n) is 9.57. The number of ether oxygens (including phenoxy) is 1. The van der Waals surface area contributed by atoms with Gasteiger partial charge < -0.3 is 4.74 Å². The number of carbonyl (C=O) groups is 1. The van der Waals surface area contributed by atoms with Gasteiger partial charge in [0.1, 0.15) is 0 Å². The Hall–Kier alpha value is -2.27. The van der Waals surface area contributed by atoms with Gasteiger partial charge in [-0.3, -0.25) is 0 Å². The average Bonchev–Trinajstić information content (AvgIpc) is 2.36. The van der Waals surface area contributed by atoms with Crippen LogP contribution >= 0.6 is 0 Å². The zero-order valence-corrected chi connectivity index (χ0v) is 9.57. The first-order valence-electron chi connectivity index (χ1n) is 5.48. The lowest BCUT2D eigenvalue weighted by Crippen LogP contribution is -1.99. The first kappa shape index (κ1) is 11.2. The molecule has 0 fully saturated rings. The predicted octanol–water partition coefficient (Wildman–Crippen LogP) is 2.75. The van der Waals surface area contributed by atoms with Gasteiger partial charge in [0.15, 0.2) is 0 Å². The molecule has 0 aliphatic heterocycles. The smallest absolute Gasteiger partial charge is 0.384 e. The minimum absolute atomic E-state index is 0.350. The highest BCUT2D eigenvalue weighted by molar-refractivity contribution is 5.92. The Bertz CT molecular complexity index is 598. The van der Waals surface area contributed by atoms with E-state index in [1.807, 2.05) is 42.5 Å². The van der Waals surface area contributed by atoms with Crippen molar-refractivity contribution in [1.82, 2.24) is 0 Å². The van der Waals surface area contributed by atoms with Crippen LogP contribution in [0.5, 0.6) is 0 Å². The molecule has 0 atom stereocenters. The van der Waals surface area contributed by atoms with Crippen LogP contribution in [0.25, 0.3) is 10.8 Å². The van der Waals surface area contributed by atoms with Gasteiger partial charge in [0.25, 0.3) is 0 Å². The summed E-state index contributed by atoms with van der Waals surface area (Å²) >= 11 is 0. The largest absolute Gasteiger partial charge is 0.456 e. The molecule has 0 heterocycles. The molecular formula is C15H12O2. The monoisotopic (exact) mass is 224 g/mol. The molecule has 0 amide bonds. The normalized spacial score (nSPS) is 9.47. The molecule has 0 aromatic heterocycles. The Morgan fingerprint density at radius 1 is 1.18 bits per heavy atom. The SMILES string of the molecule is CCOC(=O)C#Cc1cccc2ccccc12. The van der Waals surface area contributed by atoms with E-state index >= 15 is 0 Å². The van der Waals surface area contributed by atoms with E-state index in [1.54, 1.807) is 6.92 Å². The van der Waals surface area contributed by atoms with Crippen LogP contribution in [-0.4, -0.2) is 12.6 Å². The number of hydrogen-bond acceptors (Lipinski definition) is 2. The maximum absolute atomic E-state index is 11.2. The lowest BCUT2D eigenvalue weighted by molar-refractivity contribution is -0.136. The fourth-order valence-corrected chi connectivity index (χ4v) is 1.62. The Morgan fingerprint density at radius 2 is 1.94 bits per heavy atom. The third kappa shape index (κ3) is 2.64. The van der Waals surface area contributed by atoms with Crippen molar-refractivity contribution in [3.8, 4) is 11.8 Å². The van der Waals surface area contributed by atoms with Gasteiger partial charge in [-0.05, 0) is 23.8 Å². The van der Waals surface area contributed by atoms with Gasteiger partial charge in [-0.25, -0.2) is 4.79 Å². The molecule has 0 aliphatic rings. The van der Waals surface area contributed by atoms with E-state index in [2.05, 4.69) is 11.8 Å². The van der Waals surface area contributed by atoms with Crippen molar-refractivity contribution < 1.29 is 9.53 Å². The van der Waals surface area contributed by atoms with Crippen LogP contribution in [0.1, 0.15) is 12.5 Å². The maximum Gasteiger partial charge on any atom is 0.384 e. The summed E-state index contributed by atoms with van der Waals surface area (Å²) in [6.07, 6.45) is 0. The highest BCUT2D eigenvalue weighted by Gasteiger charge is 1.97. The first-order chi connectivity index (χ1) is 8.31. The summed E-state index contributed by atoms with van der Waals surface area (Å²) in [6, 6.07) is 13.8. The van der Waals surface area contributed by atoms with Gasteiger partial charge in [0, 0.05) is 11.5 Å². The number of benzene rings is 2. The van der Waals surface area contributed by atoms with E-state index in [9.17, 15) is 4.79 Å². The summed E-state index contributed by atoms with van der Waals surface area (Å²) in [7, 11) is 0. The van der Waals surface area contributed by atoms with Crippen LogP contribution in [-0.2, 0) is 9.53 Å². The number of rotatable bonds is 1. The number of hydrogen-bond donors (Lipinski definition) is 0. The van der Waals surface area contributed by atoms with Crippen molar-refractivity contribution >= 4 is 16.7 Å². The number of carbonyl (C=O) groups excluding carboxylic acids is 1. The molecule has 0 saturated carbocycles. The molecule has 0 aliphatic carbocycles. The van der Waals surface area contributed by atoms with E-state index in [1.165, 1.54) is 0 Å². The van der Waals surface area contributed by atoms with E-state index in [4.69, 9.17) is 4.74 Å². The van der Waals surface area contributed by atoms with E-state index < -0.39 is 5.97 Å². The molecule has 2 rings (SSSR count). The van der Waals surface area contributed by atoms with Crippen LogP contribution in [0.4, 0.5) is 0 Å². The van der Waals surface area contributed by atoms with Gasteiger partial charge in [0.2, 0.25) is 0 Å². The second-order valence-corrected chi connectivity index (χ2v) is 3.50. The summed E-state index contributed by atoms with van der Waals surface area (Å²) in [5, 5.41) is 2.16. The Balaban J connectivity index is 2.39. The van der Waals surface area contributed by atoms with Gasteiger partial charge in [-0.1, -0.05) is 42.3 Å². The van der Waals surface area contributed by atoms with Crippen molar-refractivity contribution in [3.63, 3.8) is 0 Å². The summed E-state index contributed by atoms with van der Waals surface area (Å²) < 4.78 is 4.76. The average molecular weight is 224 g/mol. The molecule has 0 radical (unpaired) electrons. The Morgan fingerprint density at radius 3 is 2.76 bits per heavy atom. The number of esters is 1. The van der Waals surface area contributed by atoms with Crippen LogP contribution in [0.3, 0.4) is 0 Å². The van der Waals surface area contributed by atoms with E-state index in [-0.39, 0.29) is 0 Å². The molecule has 2 nitrogen and oxygen atoms in total. The van der Waals surface area contributed by atoms with Crippen LogP contribution in [0.15, 0.2) is 42.5 Å². The van der Waals surface area contributed by atoms with Crippen LogP contribution < -0.4 is 0 Å². The van der Waals surface area contributed by atoms with Crippen molar-refractivity contribution in [3.05, 3.63) is 48.0 Å². The predicted molar refractivity (Wildman–Crippen MR) is 67.5 cm³/mol. The highest BCUT2D eigenvalue weighted by atomic mass is 16.5. The van der Waals surface area contributed by atoms with Crippen molar-refractivity contribution in [2.45, 2.75) is 6.92 Å². The minimum Gasteiger partial charge on any atom is -0.456 e.